The van der Waals surface area contributed by atoms with Crippen LogP contribution in [-0.4, -0.2) is 42.9 Å². The Bertz CT molecular complexity index is 1280. The van der Waals surface area contributed by atoms with Gasteiger partial charge in [0.25, 0.3) is 11.8 Å². The predicted molar refractivity (Wildman–Crippen MR) is 162 cm³/mol. The summed E-state index contributed by atoms with van der Waals surface area (Å²) in [6.07, 6.45) is 10.7. The Labute approximate surface area is 245 Å². The average Bonchev–Trinajstić information content (AvgIpc) is 3.25. The second-order valence-corrected chi connectivity index (χ2v) is 10.1. The van der Waals surface area contributed by atoms with Crippen LogP contribution in [-0.2, 0) is 4.79 Å². The van der Waals surface area contributed by atoms with Crippen molar-refractivity contribution < 1.29 is 9.59 Å². The van der Waals surface area contributed by atoms with E-state index in [9.17, 15) is 25.4 Å². The summed E-state index contributed by atoms with van der Waals surface area (Å²) in [5.41, 5.74) is 1.98. The molecule has 1 aromatic rings. The van der Waals surface area contributed by atoms with Crippen molar-refractivity contribution in [2.75, 3.05) is 31.1 Å². The Balaban J connectivity index is 2.61. The molecule has 1 N–H and O–H groups in total. The van der Waals surface area contributed by atoms with Gasteiger partial charge in [-0.05, 0) is 49.5 Å². The van der Waals surface area contributed by atoms with Gasteiger partial charge in [-0.1, -0.05) is 65.5 Å². The van der Waals surface area contributed by atoms with E-state index in [1.165, 1.54) is 11.0 Å². The maximum Gasteiger partial charge on any atom is 0.259 e. The standard InChI is InChI=1S/C33H42N6O2/c1-5-9-17-37-32(40)29-21-27(38(18-10-6-2)19-11-7-3)15-13-25(29)14-16-28-30(24-36)31(26(22-34)23-35)39(33(28)41)20-12-8-4/h13-16,21H,5-12,17-20H2,1-4H3,(H,37,40)/b16-14+. The van der Waals surface area contributed by atoms with Gasteiger partial charge in [-0.15, -0.1) is 0 Å². The van der Waals surface area contributed by atoms with E-state index in [1.807, 2.05) is 43.3 Å². The van der Waals surface area contributed by atoms with Crippen LogP contribution in [0.25, 0.3) is 6.08 Å². The molecule has 0 atom stereocenters. The van der Waals surface area contributed by atoms with Gasteiger partial charge in [0.05, 0.1) is 16.8 Å². The van der Waals surface area contributed by atoms with E-state index < -0.39 is 5.91 Å². The quantitative estimate of drug-likeness (QED) is 0.186. The number of anilines is 1. The third-order valence-corrected chi connectivity index (χ3v) is 7.01. The molecular weight excluding hydrogens is 512 g/mol. The van der Waals surface area contributed by atoms with Crippen LogP contribution in [0.15, 0.2) is 46.7 Å². The molecule has 1 heterocycles. The number of hydrogen-bond acceptors (Lipinski definition) is 6. The lowest BCUT2D eigenvalue weighted by Gasteiger charge is -2.25. The number of carbonyl (C=O) groups is 2. The van der Waals surface area contributed by atoms with Crippen LogP contribution in [0.1, 0.15) is 95.0 Å². The summed E-state index contributed by atoms with van der Waals surface area (Å²) >= 11 is 0. The van der Waals surface area contributed by atoms with E-state index >= 15 is 0 Å². The highest BCUT2D eigenvalue weighted by molar-refractivity contribution is 6.06. The molecule has 0 spiro atoms. The summed E-state index contributed by atoms with van der Waals surface area (Å²) in [7, 11) is 0. The first-order valence-electron chi connectivity index (χ1n) is 14.8. The lowest BCUT2D eigenvalue weighted by atomic mass is 10.0. The molecule has 0 bridgehead atoms. The van der Waals surface area contributed by atoms with Crippen molar-refractivity contribution in [3.63, 3.8) is 0 Å². The number of nitrogens with zero attached hydrogens (tertiary/aromatic N) is 5. The lowest BCUT2D eigenvalue weighted by Crippen LogP contribution is -2.28. The molecule has 0 aromatic heterocycles. The molecule has 0 radical (unpaired) electrons. The van der Waals surface area contributed by atoms with Crippen molar-refractivity contribution in [1.29, 1.82) is 15.8 Å². The number of amides is 2. The molecule has 216 valence electrons. The topological polar surface area (TPSA) is 124 Å². The SMILES string of the molecule is CCCCNC(=O)c1cc(N(CCCC)CCCC)ccc1/C=C/C1=C(C#N)C(=C(C#N)C#N)N(CCCC)C1=O. The minimum atomic E-state index is -0.430. The van der Waals surface area contributed by atoms with E-state index in [2.05, 4.69) is 31.0 Å². The van der Waals surface area contributed by atoms with Crippen molar-refractivity contribution in [2.24, 2.45) is 0 Å². The largest absolute Gasteiger partial charge is 0.372 e. The maximum atomic E-state index is 13.4. The zero-order valence-corrected chi connectivity index (χ0v) is 24.9. The monoisotopic (exact) mass is 554 g/mol. The van der Waals surface area contributed by atoms with Crippen LogP contribution in [0.2, 0.25) is 0 Å². The second-order valence-electron chi connectivity index (χ2n) is 10.1. The van der Waals surface area contributed by atoms with Gasteiger partial charge in [-0.25, -0.2) is 0 Å². The van der Waals surface area contributed by atoms with Gasteiger partial charge < -0.3 is 15.1 Å². The number of unbranched alkanes of at least 4 members (excludes halogenated alkanes) is 4. The molecule has 41 heavy (non-hydrogen) atoms. The normalized spacial score (nSPS) is 12.9. The molecule has 2 amide bonds. The Hall–Kier alpha value is -4.35. The third-order valence-electron chi connectivity index (χ3n) is 7.01. The summed E-state index contributed by atoms with van der Waals surface area (Å²) in [6, 6.07) is 11.5. The fourth-order valence-electron chi connectivity index (χ4n) is 4.60. The molecule has 0 unspecified atom stereocenters. The zero-order valence-electron chi connectivity index (χ0n) is 24.9. The first-order valence-corrected chi connectivity index (χ1v) is 14.8. The highest BCUT2D eigenvalue weighted by atomic mass is 16.2. The summed E-state index contributed by atoms with van der Waals surface area (Å²) in [4.78, 5) is 30.4. The molecule has 8 heteroatoms. The third kappa shape index (κ3) is 8.57. The molecule has 8 nitrogen and oxygen atoms in total. The van der Waals surface area contributed by atoms with Gasteiger partial charge in [0, 0.05) is 37.4 Å². The molecule has 1 aromatic carbocycles. The first-order chi connectivity index (χ1) is 19.9. The van der Waals surface area contributed by atoms with Gasteiger partial charge in [0.1, 0.15) is 18.2 Å². The van der Waals surface area contributed by atoms with E-state index in [1.54, 1.807) is 6.08 Å². The number of hydrogen-bond donors (Lipinski definition) is 1. The van der Waals surface area contributed by atoms with Gasteiger partial charge in [-0.2, -0.15) is 15.8 Å². The maximum absolute atomic E-state index is 13.4. The van der Waals surface area contributed by atoms with Crippen molar-refractivity contribution in [3.05, 3.63) is 57.8 Å². The van der Waals surface area contributed by atoms with E-state index in [0.29, 0.717) is 30.6 Å². The Morgan fingerprint density at radius 1 is 0.927 bits per heavy atom. The molecule has 1 aliphatic rings. The van der Waals surface area contributed by atoms with Crippen molar-refractivity contribution in [2.45, 2.75) is 79.1 Å². The summed E-state index contributed by atoms with van der Waals surface area (Å²) in [5.74, 6) is -0.625. The number of nitriles is 3. The van der Waals surface area contributed by atoms with Crippen molar-refractivity contribution in [1.82, 2.24) is 10.2 Å². The summed E-state index contributed by atoms with van der Waals surface area (Å²) in [5, 5.41) is 32.0. The van der Waals surface area contributed by atoms with Gasteiger partial charge in [0.2, 0.25) is 0 Å². The van der Waals surface area contributed by atoms with E-state index in [0.717, 1.165) is 63.7 Å². The van der Waals surface area contributed by atoms with Crippen molar-refractivity contribution >= 4 is 23.6 Å². The summed E-state index contributed by atoms with van der Waals surface area (Å²) < 4.78 is 0. The van der Waals surface area contributed by atoms with Gasteiger partial charge in [0.15, 0.2) is 5.57 Å². The average molecular weight is 555 g/mol. The smallest absolute Gasteiger partial charge is 0.259 e. The molecule has 0 saturated heterocycles. The number of benzene rings is 1. The second kappa shape index (κ2) is 17.4. The molecule has 2 rings (SSSR count). The number of nitrogens with one attached hydrogen (secondary N) is 1. The number of rotatable bonds is 16. The first kappa shape index (κ1) is 32.9. The van der Waals surface area contributed by atoms with Crippen LogP contribution in [0.4, 0.5) is 5.69 Å². The Kier molecular flexibility index (Phi) is 13.9. The van der Waals surface area contributed by atoms with Crippen LogP contribution in [0.5, 0.6) is 0 Å². The molecule has 0 aliphatic carbocycles. The van der Waals surface area contributed by atoms with E-state index in [4.69, 9.17) is 0 Å². The van der Waals surface area contributed by atoms with Crippen LogP contribution >= 0.6 is 0 Å². The predicted octanol–water partition coefficient (Wildman–Crippen LogP) is 6.40. The minimum Gasteiger partial charge on any atom is -0.372 e. The molecule has 1 aliphatic heterocycles. The Morgan fingerprint density at radius 3 is 2.12 bits per heavy atom. The van der Waals surface area contributed by atoms with E-state index in [-0.39, 0.29) is 28.3 Å². The molecule has 0 fully saturated rings. The lowest BCUT2D eigenvalue weighted by molar-refractivity contribution is -0.124. The molecule has 0 saturated carbocycles. The van der Waals surface area contributed by atoms with Crippen molar-refractivity contribution in [3.8, 4) is 18.2 Å². The zero-order chi connectivity index (χ0) is 30.2. The van der Waals surface area contributed by atoms with Gasteiger partial charge >= 0.3 is 0 Å². The molecular formula is C33H42N6O2. The highest BCUT2D eigenvalue weighted by Gasteiger charge is 2.36. The minimum absolute atomic E-state index is 0.00340. The fraction of sp³-hybridized carbons (Fsp3) is 0.485. The van der Waals surface area contributed by atoms with Crippen LogP contribution in [0, 0.1) is 34.0 Å². The van der Waals surface area contributed by atoms with Crippen LogP contribution in [0.3, 0.4) is 0 Å². The highest BCUT2D eigenvalue weighted by Crippen LogP contribution is 2.33. The number of carbonyl (C=O) groups excluding carboxylic acids is 2. The van der Waals surface area contributed by atoms with Crippen LogP contribution < -0.4 is 10.2 Å². The van der Waals surface area contributed by atoms with Gasteiger partial charge in [-0.3, -0.25) is 9.59 Å². The fourth-order valence-corrected chi connectivity index (χ4v) is 4.60. The number of allylic oxidation sites excluding steroid dienone is 2. The summed E-state index contributed by atoms with van der Waals surface area (Å²) in [6.45, 7) is 11.0. The Morgan fingerprint density at radius 2 is 1.56 bits per heavy atom.